The molecular weight excluding hydrogens is 334 g/mol. The van der Waals surface area contributed by atoms with Crippen molar-refractivity contribution in [2.24, 2.45) is 5.10 Å². The van der Waals surface area contributed by atoms with Crippen molar-refractivity contribution in [1.82, 2.24) is 18.6 Å². The molecule has 22 heavy (non-hydrogen) atoms. The zero-order valence-electron chi connectivity index (χ0n) is 13.8. The number of hydrogen-bond donors (Lipinski definition) is 0. The van der Waals surface area contributed by atoms with Crippen LogP contribution in [0.1, 0.15) is 0 Å². The Hall–Kier alpha value is -0.420. The Balaban J connectivity index is 2.01. The maximum atomic E-state index is 4.98. The number of amidine groups is 1. The maximum absolute atomic E-state index is 4.98. The van der Waals surface area contributed by atoms with Crippen LogP contribution in [0.2, 0.25) is 0 Å². The fraction of sp³-hybridized carbons (Fsp3) is 0.462. The van der Waals surface area contributed by atoms with Crippen LogP contribution in [-0.2, 0) is 0 Å². The van der Waals surface area contributed by atoms with E-state index < -0.39 is 16.7 Å². The number of fused-ring (bicyclic) bond motifs is 3. The third kappa shape index (κ3) is 2.64. The predicted octanol–water partition coefficient (Wildman–Crippen LogP) is 3.32. The van der Waals surface area contributed by atoms with Gasteiger partial charge < -0.3 is 0 Å². The Morgan fingerprint density at radius 3 is 2.27 bits per heavy atom. The Kier molecular flexibility index (Phi) is 4.66. The molecule has 2 aliphatic heterocycles. The smallest absolute Gasteiger partial charge is 0.207 e. The van der Waals surface area contributed by atoms with E-state index in [1.54, 1.807) is 11.8 Å². The average molecular weight is 356 g/mol. The molecule has 0 aromatic heterocycles. The van der Waals surface area contributed by atoms with Gasteiger partial charge in [0.05, 0.1) is 5.69 Å². The topological polar surface area (TPSA) is 28.6 Å². The van der Waals surface area contributed by atoms with Crippen LogP contribution in [0.3, 0.4) is 0 Å². The molecule has 0 fully saturated rings. The van der Waals surface area contributed by atoms with Crippen LogP contribution in [0.4, 0.5) is 5.69 Å². The number of hydrazone groups is 1. The summed E-state index contributed by atoms with van der Waals surface area (Å²) < 4.78 is 11.5. The summed E-state index contributed by atoms with van der Waals surface area (Å²) in [7, 11) is 11.5. The molecule has 0 bridgehead atoms. The Morgan fingerprint density at radius 1 is 1.05 bits per heavy atom. The van der Waals surface area contributed by atoms with Gasteiger partial charge in [0, 0.05) is 4.90 Å². The number of benzene rings is 1. The van der Waals surface area contributed by atoms with E-state index in [4.69, 9.17) is 5.10 Å². The molecule has 1 atom stereocenters. The maximum Gasteiger partial charge on any atom is 0.207 e. The quantitative estimate of drug-likeness (QED) is 0.769. The first-order valence-electron chi connectivity index (χ1n) is 6.99. The fourth-order valence-electron chi connectivity index (χ4n) is 2.52. The van der Waals surface area contributed by atoms with Gasteiger partial charge in [-0.2, -0.15) is 4.55 Å². The molecule has 2 heterocycles. The van der Waals surface area contributed by atoms with E-state index >= 15 is 0 Å². The summed E-state index contributed by atoms with van der Waals surface area (Å²) in [6.07, 6.45) is 0. The van der Waals surface area contributed by atoms with Gasteiger partial charge in [0.2, 0.25) is 8.37 Å². The van der Waals surface area contributed by atoms with E-state index in [2.05, 4.69) is 89.8 Å². The Labute approximate surface area is 139 Å². The summed E-state index contributed by atoms with van der Waals surface area (Å²) in [5, 5.41) is 6.08. The lowest BCUT2D eigenvalue weighted by atomic mass is 10.3. The van der Waals surface area contributed by atoms with Crippen LogP contribution in [0.25, 0.3) is 0 Å². The first kappa shape index (κ1) is 16.4. The minimum absolute atomic E-state index is 0.621. The molecule has 0 aliphatic carbocycles. The third-order valence-electron chi connectivity index (χ3n) is 3.22. The van der Waals surface area contributed by atoms with Crippen LogP contribution in [0.15, 0.2) is 34.3 Å². The highest BCUT2D eigenvalue weighted by molar-refractivity contribution is 8.15. The van der Waals surface area contributed by atoms with Crippen LogP contribution >= 0.6 is 28.5 Å². The molecule has 1 aromatic rings. The van der Waals surface area contributed by atoms with E-state index in [0.29, 0.717) is 0 Å². The zero-order valence-corrected chi connectivity index (χ0v) is 16.4. The van der Waals surface area contributed by atoms with Crippen molar-refractivity contribution < 1.29 is 0 Å². The van der Waals surface area contributed by atoms with Crippen molar-refractivity contribution >= 4 is 39.4 Å². The Bertz CT molecular complexity index is 586. The lowest BCUT2D eigenvalue weighted by Crippen LogP contribution is -2.30. The molecular formula is C13H22N6P2S. The second kappa shape index (κ2) is 6.23. The molecule has 120 valence electrons. The highest BCUT2D eigenvalue weighted by Gasteiger charge is 2.47. The first-order valence-corrected chi connectivity index (χ1v) is 10.2. The number of nitrogens with zero attached hydrogens (tertiary/aromatic N) is 6. The predicted molar refractivity (Wildman–Crippen MR) is 99.0 cm³/mol. The van der Waals surface area contributed by atoms with Crippen molar-refractivity contribution in [3.8, 4) is 0 Å². The van der Waals surface area contributed by atoms with Crippen LogP contribution in [-0.4, -0.2) is 66.0 Å². The molecule has 0 saturated heterocycles. The van der Waals surface area contributed by atoms with Crippen molar-refractivity contribution in [3.05, 3.63) is 24.3 Å². The van der Waals surface area contributed by atoms with E-state index in [-0.39, 0.29) is 0 Å². The lowest BCUT2D eigenvalue weighted by molar-refractivity contribution is 0.506. The second-order valence-corrected chi connectivity index (χ2v) is 11.6. The van der Waals surface area contributed by atoms with E-state index in [9.17, 15) is 0 Å². The van der Waals surface area contributed by atoms with Gasteiger partial charge in [-0.3, -0.25) is 18.7 Å². The number of anilines is 1. The lowest BCUT2D eigenvalue weighted by Gasteiger charge is -2.41. The molecule has 0 radical (unpaired) electrons. The number of rotatable bonds is 4. The van der Waals surface area contributed by atoms with Crippen molar-refractivity contribution in [1.29, 1.82) is 0 Å². The summed E-state index contributed by atoms with van der Waals surface area (Å²) >= 11 is 1.77. The molecule has 0 N–H and O–H groups in total. The molecule has 9 heteroatoms. The second-order valence-electron chi connectivity index (χ2n) is 5.61. The van der Waals surface area contributed by atoms with Crippen LogP contribution in [0, 0.1) is 0 Å². The highest BCUT2D eigenvalue weighted by Crippen LogP contribution is 2.68. The molecule has 6 nitrogen and oxygen atoms in total. The number of thioether (sulfide) groups is 1. The molecule has 1 unspecified atom stereocenters. The highest BCUT2D eigenvalue weighted by atomic mass is 32.2. The number of hydrogen-bond acceptors (Lipinski definition) is 7. The van der Waals surface area contributed by atoms with Crippen molar-refractivity contribution in [2.45, 2.75) is 4.90 Å². The van der Waals surface area contributed by atoms with Gasteiger partial charge in [0.15, 0.2) is 13.5 Å². The summed E-state index contributed by atoms with van der Waals surface area (Å²) in [6.45, 7) is 0. The molecule has 0 saturated carbocycles. The van der Waals surface area contributed by atoms with Gasteiger partial charge in [-0.05, 0) is 66.2 Å². The van der Waals surface area contributed by atoms with E-state index in [0.717, 1.165) is 5.17 Å². The SMILES string of the molecule is CN(C)P(N(C)C)N1N=C2Sc3ccccc3N2P1N(C)C. The fourth-order valence-corrected chi connectivity index (χ4v) is 9.30. The van der Waals surface area contributed by atoms with Crippen LogP contribution in [0.5, 0.6) is 0 Å². The molecule has 3 rings (SSSR count). The minimum atomic E-state index is -0.678. The minimum Gasteiger partial charge on any atom is -0.264 e. The van der Waals surface area contributed by atoms with Gasteiger partial charge in [-0.1, -0.05) is 12.1 Å². The molecule has 0 spiro atoms. The van der Waals surface area contributed by atoms with Gasteiger partial charge in [-0.25, -0.2) is 0 Å². The monoisotopic (exact) mass is 356 g/mol. The van der Waals surface area contributed by atoms with E-state index in [1.165, 1.54) is 10.6 Å². The van der Waals surface area contributed by atoms with Gasteiger partial charge in [-0.15, -0.1) is 5.10 Å². The van der Waals surface area contributed by atoms with Crippen LogP contribution < -0.4 is 4.67 Å². The summed E-state index contributed by atoms with van der Waals surface area (Å²) in [4.78, 5) is 1.30. The normalized spacial score (nSPS) is 20.5. The van der Waals surface area contributed by atoms with E-state index in [1.807, 2.05) is 0 Å². The first-order chi connectivity index (χ1) is 10.4. The average Bonchev–Trinajstić information content (AvgIpc) is 2.93. The largest absolute Gasteiger partial charge is 0.264 e. The third-order valence-corrected chi connectivity index (χ3v) is 9.06. The van der Waals surface area contributed by atoms with Gasteiger partial charge in [0.1, 0.15) is 0 Å². The van der Waals surface area contributed by atoms with Crippen molar-refractivity contribution in [2.75, 3.05) is 47.0 Å². The molecule has 0 amide bonds. The summed E-state index contributed by atoms with van der Waals surface area (Å²) in [6, 6.07) is 8.57. The summed E-state index contributed by atoms with van der Waals surface area (Å²) in [5.74, 6) is 0. The summed E-state index contributed by atoms with van der Waals surface area (Å²) in [5.41, 5.74) is 1.28. The Morgan fingerprint density at radius 2 is 1.68 bits per heavy atom. The van der Waals surface area contributed by atoms with Crippen molar-refractivity contribution in [3.63, 3.8) is 0 Å². The van der Waals surface area contributed by atoms with Gasteiger partial charge >= 0.3 is 0 Å². The molecule has 1 aromatic carbocycles. The standard InChI is InChI=1S/C13H22N6P2S/c1-15(2)20(16(3)4)19-14-13-18(21(19)17(5)6)11-9-7-8-10-12(11)22-13/h7-10H,1-6H3. The zero-order chi connectivity index (χ0) is 16.0. The van der Waals surface area contributed by atoms with Gasteiger partial charge in [0.25, 0.3) is 0 Å². The number of para-hydroxylation sites is 1. The molecule has 2 aliphatic rings.